The second kappa shape index (κ2) is 7.45. The molecule has 2 aliphatic rings. The third-order valence-electron chi connectivity index (χ3n) is 6.03. The Morgan fingerprint density at radius 1 is 0.867 bits per heavy atom. The van der Waals surface area contributed by atoms with Crippen molar-refractivity contribution >= 4 is 17.2 Å². The average molecular weight is 398 g/mol. The number of carbonyl (C=O) groups is 1. The summed E-state index contributed by atoms with van der Waals surface area (Å²) in [6, 6.07) is 22.5. The molecule has 150 valence electrons. The number of carbonyl (C=O) groups excluding carboxylic acids is 1. The second-order valence-corrected chi connectivity index (χ2v) is 8.13. The van der Waals surface area contributed by atoms with Gasteiger partial charge in [-0.05, 0) is 60.2 Å². The first-order valence-electron chi connectivity index (χ1n) is 10.3. The summed E-state index contributed by atoms with van der Waals surface area (Å²) in [7, 11) is 0. The van der Waals surface area contributed by atoms with Crippen LogP contribution in [-0.4, -0.2) is 5.78 Å². The lowest BCUT2D eigenvalue weighted by Crippen LogP contribution is -2.26. The maximum absolute atomic E-state index is 13.6. The number of aryl methyl sites for hydroxylation is 1. The molecule has 3 aromatic rings. The zero-order valence-electron chi connectivity index (χ0n) is 16.8. The fourth-order valence-electron chi connectivity index (χ4n) is 4.53. The van der Waals surface area contributed by atoms with Gasteiger partial charge in [-0.15, -0.1) is 0 Å². The number of halogens is 1. The van der Waals surface area contributed by atoms with E-state index in [0.29, 0.717) is 6.42 Å². The van der Waals surface area contributed by atoms with Crippen molar-refractivity contribution in [2.45, 2.75) is 31.7 Å². The van der Waals surface area contributed by atoms with E-state index in [0.717, 1.165) is 40.2 Å². The van der Waals surface area contributed by atoms with Crippen molar-refractivity contribution in [2.24, 2.45) is 0 Å². The van der Waals surface area contributed by atoms with E-state index in [1.54, 1.807) is 12.1 Å². The Bertz CT molecular complexity index is 1140. The third kappa shape index (κ3) is 3.39. The van der Waals surface area contributed by atoms with Crippen molar-refractivity contribution in [3.05, 3.63) is 107 Å². The van der Waals surface area contributed by atoms with Crippen molar-refractivity contribution in [3.8, 4) is 0 Å². The first-order chi connectivity index (χ1) is 14.6. The molecule has 0 unspecified atom stereocenters. The highest BCUT2D eigenvalue weighted by atomic mass is 19.1. The van der Waals surface area contributed by atoms with Crippen LogP contribution in [0.5, 0.6) is 0 Å². The van der Waals surface area contributed by atoms with E-state index in [4.69, 9.17) is 0 Å². The van der Waals surface area contributed by atoms with Gasteiger partial charge in [-0.25, -0.2) is 4.39 Å². The van der Waals surface area contributed by atoms with E-state index in [2.05, 4.69) is 34.9 Å². The number of ketones is 1. The summed E-state index contributed by atoms with van der Waals surface area (Å²) in [6.07, 6.45) is 1.23. The summed E-state index contributed by atoms with van der Waals surface area (Å²) < 4.78 is 13.6. The monoisotopic (exact) mass is 398 g/mol. The van der Waals surface area contributed by atoms with Gasteiger partial charge >= 0.3 is 0 Å². The molecule has 5 rings (SSSR count). The minimum absolute atomic E-state index is 0.129. The Labute approximate surface area is 175 Å². The van der Waals surface area contributed by atoms with Gasteiger partial charge in [0.2, 0.25) is 0 Å². The first kappa shape index (κ1) is 18.6. The fourth-order valence-corrected chi connectivity index (χ4v) is 4.53. The van der Waals surface area contributed by atoms with Crippen molar-refractivity contribution in [1.29, 1.82) is 0 Å². The molecule has 1 heterocycles. The van der Waals surface area contributed by atoms with Crippen LogP contribution < -0.4 is 10.6 Å². The Balaban J connectivity index is 1.62. The van der Waals surface area contributed by atoms with Crippen LogP contribution in [0.15, 0.2) is 84.1 Å². The smallest absolute Gasteiger partial charge is 0.163 e. The van der Waals surface area contributed by atoms with Crippen molar-refractivity contribution in [2.75, 3.05) is 10.6 Å². The van der Waals surface area contributed by atoms with Crippen LogP contribution in [-0.2, 0) is 4.79 Å². The molecule has 0 aromatic heterocycles. The lowest BCUT2D eigenvalue weighted by Gasteiger charge is -2.30. The van der Waals surface area contributed by atoms with E-state index in [1.165, 1.54) is 17.7 Å². The molecule has 3 aromatic carbocycles. The van der Waals surface area contributed by atoms with Crippen molar-refractivity contribution in [1.82, 2.24) is 0 Å². The standard InChI is InChI=1S/C26H23FN2O/c1-16-7-12-21-22(13-16)29-26(18-8-10-20(27)11-9-18)25-23(28-21)14-19(15-24(25)30)17-5-3-2-4-6-17/h2-13,19,26,28-29H,14-15H2,1H3/t19-,26+/m0/s1. The van der Waals surface area contributed by atoms with Crippen LogP contribution in [0.3, 0.4) is 0 Å². The number of hydrogen-bond donors (Lipinski definition) is 2. The van der Waals surface area contributed by atoms with E-state index < -0.39 is 0 Å². The molecule has 1 aliphatic carbocycles. The predicted octanol–water partition coefficient (Wildman–Crippen LogP) is 6.11. The molecule has 2 atom stereocenters. The number of fused-ring (bicyclic) bond motifs is 1. The lowest BCUT2D eigenvalue weighted by atomic mass is 9.78. The van der Waals surface area contributed by atoms with Crippen LogP contribution in [0.2, 0.25) is 0 Å². The Hall–Kier alpha value is -3.40. The van der Waals surface area contributed by atoms with E-state index in [-0.39, 0.29) is 23.6 Å². The van der Waals surface area contributed by atoms with Gasteiger partial charge in [0.05, 0.1) is 17.4 Å². The zero-order valence-corrected chi connectivity index (χ0v) is 16.8. The van der Waals surface area contributed by atoms with Gasteiger partial charge in [0.15, 0.2) is 5.78 Å². The van der Waals surface area contributed by atoms with Gasteiger partial charge in [0.25, 0.3) is 0 Å². The van der Waals surface area contributed by atoms with Gasteiger partial charge in [0.1, 0.15) is 5.82 Å². The topological polar surface area (TPSA) is 41.1 Å². The van der Waals surface area contributed by atoms with Crippen molar-refractivity contribution < 1.29 is 9.18 Å². The molecule has 3 nitrogen and oxygen atoms in total. The summed E-state index contributed by atoms with van der Waals surface area (Å²) in [5, 5.41) is 7.11. The predicted molar refractivity (Wildman–Crippen MR) is 118 cm³/mol. The van der Waals surface area contributed by atoms with Gasteiger partial charge in [-0.3, -0.25) is 4.79 Å². The third-order valence-corrected chi connectivity index (χ3v) is 6.03. The number of benzene rings is 3. The Morgan fingerprint density at radius 3 is 2.40 bits per heavy atom. The SMILES string of the molecule is Cc1ccc2c(c1)N[C@H](c1ccc(F)cc1)C1=C(C[C@H](c3ccccc3)CC1=O)N2. The number of Topliss-reactive ketones (excluding diaryl/α,β-unsaturated/α-hetero) is 1. The maximum Gasteiger partial charge on any atom is 0.163 e. The van der Waals surface area contributed by atoms with Gasteiger partial charge in [-0.2, -0.15) is 0 Å². The van der Waals surface area contributed by atoms with Crippen LogP contribution in [0.4, 0.5) is 15.8 Å². The van der Waals surface area contributed by atoms with Crippen LogP contribution >= 0.6 is 0 Å². The Kier molecular flexibility index (Phi) is 4.62. The van der Waals surface area contributed by atoms with Crippen LogP contribution in [0.1, 0.15) is 41.5 Å². The van der Waals surface area contributed by atoms with E-state index >= 15 is 0 Å². The molecule has 0 amide bonds. The number of anilines is 2. The highest BCUT2D eigenvalue weighted by Gasteiger charge is 2.36. The highest BCUT2D eigenvalue weighted by molar-refractivity contribution is 6.01. The largest absolute Gasteiger partial charge is 0.372 e. The normalized spacial score (nSPS) is 20.5. The van der Waals surface area contributed by atoms with Gasteiger partial charge in [0, 0.05) is 17.7 Å². The molecule has 2 N–H and O–H groups in total. The molecule has 0 fully saturated rings. The number of rotatable bonds is 2. The van der Waals surface area contributed by atoms with E-state index in [9.17, 15) is 9.18 Å². The molecule has 4 heteroatoms. The second-order valence-electron chi connectivity index (χ2n) is 8.13. The molecule has 0 saturated carbocycles. The Morgan fingerprint density at radius 2 is 1.63 bits per heavy atom. The minimum Gasteiger partial charge on any atom is -0.372 e. The maximum atomic E-state index is 13.6. The molecule has 0 saturated heterocycles. The molecular formula is C26H23FN2O. The summed E-state index contributed by atoms with van der Waals surface area (Å²) in [5.41, 5.74) is 6.80. The molecule has 0 radical (unpaired) electrons. The summed E-state index contributed by atoms with van der Waals surface area (Å²) >= 11 is 0. The molecule has 0 bridgehead atoms. The molecule has 1 aliphatic heterocycles. The summed E-state index contributed by atoms with van der Waals surface area (Å²) in [5.74, 6) is -0.00942. The highest BCUT2D eigenvalue weighted by Crippen LogP contribution is 2.44. The van der Waals surface area contributed by atoms with Crippen LogP contribution in [0.25, 0.3) is 0 Å². The van der Waals surface area contributed by atoms with Gasteiger partial charge in [-0.1, -0.05) is 48.5 Å². The van der Waals surface area contributed by atoms with Gasteiger partial charge < -0.3 is 10.6 Å². The van der Waals surface area contributed by atoms with E-state index in [1.807, 2.05) is 31.2 Å². The number of hydrogen-bond acceptors (Lipinski definition) is 3. The summed E-state index contributed by atoms with van der Waals surface area (Å²) in [4.78, 5) is 13.4. The quantitative estimate of drug-likeness (QED) is 0.547. The van der Waals surface area contributed by atoms with Crippen LogP contribution in [0, 0.1) is 12.7 Å². The molecular weight excluding hydrogens is 375 g/mol. The number of allylic oxidation sites excluding steroid dienone is 1. The zero-order chi connectivity index (χ0) is 20.7. The minimum atomic E-state index is -0.319. The molecule has 30 heavy (non-hydrogen) atoms. The molecule has 0 spiro atoms. The first-order valence-corrected chi connectivity index (χ1v) is 10.3. The summed E-state index contributed by atoms with van der Waals surface area (Å²) in [6.45, 7) is 2.05. The average Bonchev–Trinajstić information content (AvgIpc) is 2.91. The fraction of sp³-hybridized carbons (Fsp3) is 0.192. The number of nitrogens with one attached hydrogen (secondary N) is 2. The lowest BCUT2D eigenvalue weighted by molar-refractivity contribution is -0.116. The van der Waals surface area contributed by atoms with Crippen molar-refractivity contribution in [3.63, 3.8) is 0 Å².